The van der Waals surface area contributed by atoms with Crippen LogP contribution in [0.1, 0.15) is 36.3 Å². The molecular weight excluding hydrogens is 532 g/mol. The summed E-state index contributed by atoms with van der Waals surface area (Å²) in [6, 6.07) is 7.04. The lowest BCUT2D eigenvalue weighted by Gasteiger charge is -2.10. The minimum atomic E-state index is -4.83. The van der Waals surface area contributed by atoms with E-state index in [0.29, 0.717) is 16.9 Å². The molecule has 2 aromatic heterocycles. The second kappa shape index (κ2) is 10.4. The van der Waals surface area contributed by atoms with Crippen molar-refractivity contribution in [3.8, 4) is 22.9 Å². The van der Waals surface area contributed by atoms with Crippen molar-refractivity contribution < 1.29 is 42.1 Å². The van der Waals surface area contributed by atoms with Crippen molar-refractivity contribution in [2.24, 2.45) is 0 Å². The van der Waals surface area contributed by atoms with Crippen LogP contribution in [0.5, 0.6) is 11.5 Å². The van der Waals surface area contributed by atoms with E-state index in [-0.39, 0.29) is 40.0 Å². The van der Waals surface area contributed by atoms with Crippen molar-refractivity contribution in [1.29, 1.82) is 0 Å². The summed E-state index contributed by atoms with van der Waals surface area (Å²) >= 11 is 0.566. The van der Waals surface area contributed by atoms with Gasteiger partial charge in [0.1, 0.15) is 34.4 Å². The molecule has 0 radical (unpaired) electrons. The third-order valence-corrected chi connectivity index (χ3v) is 5.90. The molecule has 0 unspecified atom stereocenters. The molecular formula is C24H16F4N4O5S. The Kier molecular flexibility index (Phi) is 7.26. The number of ether oxygens (including phenoxy) is 1. The lowest BCUT2D eigenvalue weighted by molar-refractivity contribution is -0.141. The number of aryl methyl sites for hydroxylation is 1. The molecule has 0 aliphatic carbocycles. The molecule has 0 aliphatic rings. The summed E-state index contributed by atoms with van der Waals surface area (Å²) in [5.41, 5.74) is -1.13. The van der Waals surface area contributed by atoms with Gasteiger partial charge < -0.3 is 20.3 Å². The van der Waals surface area contributed by atoms with Gasteiger partial charge in [-0.2, -0.15) is 13.2 Å². The lowest BCUT2D eigenvalue weighted by Crippen LogP contribution is -2.17. The van der Waals surface area contributed by atoms with Crippen molar-refractivity contribution in [1.82, 2.24) is 15.0 Å². The Hall–Kier alpha value is -4.59. The van der Waals surface area contributed by atoms with Crippen LogP contribution in [0.3, 0.4) is 0 Å². The summed E-state index contributed by atoms with van der Waals surface area (Å²) in [5.74, 6) is -3.37. The van der Waals surface area contributed by atoms with Gasteiger partial charge >= 0.3 is 12.1 Å². The molecule has 4 aromatic rings. The average Bonchev–Trinajstić information content (AvgIpc) is 3.26. The predicted octanol–water partition coefficient (Wildman–Crippen LogP) is 5.30. The molecule has 1 amide bonds. The Bertz CT molecular complexity index is 1520. The number of aromatic nitrogens is 3. The Morgan fingerprint density at radius 1 is 1.11 bits per heavy atom. The molecule has 14 heteroatoms. The van der Waals surface area contributed by atoms with E-state index >= 15 is 0 Å². The Morgan fingerprint density at radius 3 is 2.47 bits per heavy atom. The summed E-state index contributed by atoms with van der Waals surface area (Å²) in [4.78, 5) is 34.6. The number of rotatable bonds is 7. The van der Waals surface area contributed by atoms with E-state index in [2.05, 4.69) is 20.3 Å². The van der Waals surface area contributed by atoms with Crippen LogP contribution in [0.4, 0.5) is 23.2 Å². The van der Waals surface area contributed by atoms with E-state index in [1.807, 2.05) is 0 Å². The van der Waals surface area contributed by atoms with Gasteiger partial charge in [-0.1, -0.05) is 0 Å². The van der Waals surface area contributed by atoms with E-state index in [1.54, 1.807) is 0 Å². The molecule has 0 atom stereocenters. The van der Waals surface area contributed by atoms with Gasteiger partial charge in [-0.05, 0) is 43.3 Å². The number of carboxylic acid groups (broad SMARTS) is 1. The smallest absolute Gasteiger partial charge is 0.435 e. The summed E-state index contributed by atoms with van der Waals surface area (Å²) < 4.78 is 59.4. The zero-order chi connectivity index (χ0) is 27.6. The highest BCUT2D eigenvalue weighted by Crippen LogP contribution is 2.35. The molecule has 38 heavy (non-hydrogen) atoms. The fourth-order valence-corrected chi connectivity index (χ4v) is 4.11. The highest BCUT2D eigenvalue weighted by Gasteiger charge is 2.39. The number of phenols is 1. The highest BCUT2D eigenvalue weighted by molar-refractivity contribution is 7.13. The number of nitrogens with one attached hydrogen (secondary N) is 1. The SMILES string of the molecule is Cc1nc(C(F)(F)F)c(C(=O)Nc2cc(F)cc(-c3ncc(COc4ccc(O)c(C(=O)O)c4)cn3)c2)s1. The van der Waals surface area contributed by atoms with Crippen LogP contribution in [-0.2, 0) is 12.8 Å². The molecule has 0 bridgehead atoms. The van der Waals surface area contributed by atoms with Crippen molar-refractivity contribution in [2.45, 2.75) is 19.7 Å². The number of halogens is 4. The van der Waals surface area contributed by atoms with E-state index in [1.165, 1.54) is 37.5 Å². The maximum atomic E-state index is 14.3. The first-order chi connectivity index (χ1) is 17.9. The molecule has 2 heterocycles. The molecule has 0 spiro atoms. The topological polar surface area (TPSA) is 135 Å². The van der Waals surface area contributed by atoms with Gasteiger partial charge in [0.25, 0.3) is 5.91 Å². The van der Waals surface area contributed by atoms with Gasteiger partial charge in [0.2, 0.25) is 0 Å². The Labute approximate surface area is 215 Å². The van der Waals surface area contributed by atoms with Crippen LogP contribution in [0.15, 0.2) is 48.8 Å². The summed E-state index contributed by atoms with van der Waals surface area (Å²) in [6.07, 6.45) is -2.08. The fourth-order valence-electron chi connectivity index (χ4n) is 3.27. The summed E-state index contributed by atoms with van der Waals surface area (Å²) in [6.45, 7) is 1.28. The number of amides is 1. The molecule has 196 valence electrons. The normalized spacial score (nSPS) is 11.3. The fraction of sp³-hybridized carbons (Fsp3) is 0.125. The number of carbonyl (C=O) groups excluding carboxylic acids is 1. The number of alkyl halides is 3. The van der Waals surface area contributed by atoms with Crippen LogP contribution in [0, 0.1) is 12.7 Å². The number of carbonyl (C=O) groups is 2. The number of thiazole rings is 1. The van der Waals surface area contributed by atoms with Crippen molar-refractivity contribution in [2.75, 3.05) is 5.32 Å². The second-order valence-electron chi connectivity index (χ2n) is 7.78. The lowest BCUT2D eigenvalue weighted by atomic mass is 10.1. The molecule has 0 saturated heterocycles. The standard InChI is InChI=1S/C24H16F4N4O5S/c1-11-31-20(24(26,27)28)19(38-11)22(34)32-15-5-13(4-14(25)6-15)21-29-8-12(9-30-21)10-37-16-2-3-18(33)17(7-16)23(35)36/h2-9,33H,10H2,1H3,(H,32,34)(H,35,36). The Balaban J connectivity index is 1.49. The van der Waals surface area contributed by atoms with Crippen LogP contribution in [0.2, 0.25) is 0 Å². The van der Waals surface area contributed by atoms with Crippen molar-refractivity contribution >= 4 is 28.9 Å². The first-order valence-electron chi connectivity index (χ1n) is 10.6. The van der Waals surface area contributed by atoms with Crippen LogP contribution in [-0.4, -0.2) is 37.0 Å². The van der Waals surface area contributed by atoms with Crippen LogP contribution in [0.25, 0.3) is 11.4 Å². The van der Waals surface area contributed by atoms with Gasteiger partial charge in [-0.25, -0.2) is 24.1 Å². The monoisotopic (exact) mass is 548 g/mol. The largest absolute Gasteiger partial charge is 0.507 e. The van der Waals surface area contributed by atoms with E-state index in [0.717, 1.165) is 18.2 Å². The Morgan fingerprint density at radius 2 is 1.82 bits per heavy atom. The third kappa shape index (κ3) is 6.03. The van der Waals surface area contributed by atoms with Crippen LogP contribution >= 0.6 is 11.3 Å². The number of hydrogen-bond acceptors (Lipinski definition) is 8. The van der Waals surface area contributed by atoms with Crippen molar-refractivity contribution in [3.05, 3.63) is 81.3 Å². The number of hydrogen-bond donors (Lipinski definition) is 3. The number of aromatic carboxylic acids is 1. The van der Waals surface area contributed by atoms with Crippen LogP contribution < -0.4 is 10.1 Å². The predicted molar refractivity (Wildman–Crippen MR) is 127 cm³/mol. The summed E-state index contributed by atoms with van der Waals surface area (Å²) in [5, 5.41) is 20.9. The first-order valence-corrected chi connectivity index (χ1v) is 11.4. The highest BCUT2D eigenvalue weighted by atomic mass is 32.1. The third-order valence-electron chi connectivity index (χ3n) is 4.93. The second-order valence-corrected chi connectivity index (χ2v) is 8.98. The number of anilines is 1. The zero-order valence-electron chi connectivity index (χ0n) is 19.2. The minimum Gasteiger partial charge on any atom is -0.507 e. The molecule has 4 rings (SSSR count). The maximum absolute atomic E-state index is 14.3. The molecule has 0 fully saturated rings. The van der Waals surface area contributed by atoms with E-state index in [4.69, 9.17) is 9.84 Å². The van der Waals surface area contributed by atoms with Gasteiger partial charge in [-0.15, -0.1) is 11.3 Å². The number of aromatic hydroxyl groups is 1. The van der Waals surface area contributed by atoms with E-state index in [9.17, 15) is 32.3 Å². The molecule has 2 aromatic carbocycles. The van der Waals surface area contributed by atoms with E-state index < -0.39 is 40.2 Å². The zero-order valence-corrected chi connectivity index (χ0v) is 20.0. The average molecular weight is 548 g/mol. The van der Waals surface area contributed by atoms with Crippen molar-refractivity contribution in [3.63, 3.8) is 0 Å². The molecule has 0 saturated carbocycles. The quantitative estimate of drug-likeness (QED) is 0.265. The summed E-state index contributed by atoms with van der Waals surface area (Å²) in [7, 11) is 0. The molecule has 0 aliphatic heterocycles. The van der Waals surface area contributed by atoms with Gasteiger partial charge in [-0.3, -0.25) is 4.79 Å². The first kappa shape index (κ1) is 26.5. The van der Waals surface area contributed by atoms with Gasteiger partial charge in [0, 0.05) is 29.2 Å². The van der Waals surface area contributed by atoms with Gasteiger partial charge in [0.05, 0.1) is 5.01 Å². The molecule has 9 nitrogen and oxygen atoms in total. The molecule has 3 N–H and O–H groups in total. The number of benzene rings is 2. The minimum absolute atomic E-state index is 0.0487. The number of carboxylic acids is 1. The maximum Gasteiger partial charge on any atom is 0.435 e. The number of nitrogens with zero attached hydrogens (tertiary/aromatic N) is 3. The van der Waals surface area contributed by atoms with Gasteiger partial charge in [0.15, 0.2) is 11.5 Å².